The molecule has 0 radical (unpaired) electrons. The summed E-state index contributed by atoms with van der Waals surface area (Å²) in [4.78, 5) is 0. The maximum Gasteiger partial charge on any atom is 0.164 e. The highest BCUT2D eigenvalue weighted by Gasteiger charge is 2.31. The molecular formula is C10H12F4Si. The van der Waals surface area contributed by atoms with Crippen molar-refractivity contribution in [1.82, 2.24) is 0 Å². The minimum absolute atomic E-state index is 0.414. The van der Waals surface area contributed by atoms with E-state index in [0.29, 0.717) is 0 Å². The van der Waals surface area contributed by atoms with E-state index in [2.05, 4.69) is 0 Å². The van der Waals surface area contributed by atoms with Gasteiger partial charge in [0, 0.05) is 10.8 Å². The predicted octanol–water partition coefficient (Wildman–Crippen LogP) is 3.10. The maximum atomic E-state index is 13.5. The molecule has 0 saturated carbocycles. The summed E-state index contributed by atoms with van der Waals surface area (Å²) in [5.74, 6) is -5.06. The largest absolute Gasteiger partial charge is 0.204 e. The molecule has 0 amide bonds. The summed E-state index contributed by atoms with van der Waals surface area (Å²) < 4.78 is 53.3. The van der Waals surface area contributed by atoms with Gasteiger partial charge in [0.2, 0.25) is 0 Å². The van der Waals surface area contributed by atoms with Crippen molar-refractivity contribution in [3.05, 3.63) is 28.8 Å². The third-order valence-corrected chi connectivity index (χ3v) is 4.17. The first-order chi connectivity index (χ1) is 6.68. The van der Waals surface area contributed by atoms with Crippen LogP contribution < -0.4 is 5.19 Å². The highest BCUT2D eigenvalue weighted by molar-refractivity contribution is 6.88. The van der Waals surface area contributed by atoms with Gasteiger partial charge in [-0.1, -0.05) is 19.6 Å². The van der Waals surface area contributed by atoms with Crippen molar-refractivity contribution in [3.8, 4) is 0 Å². The number of halogens is 4. The first kappa shape index (κ1) is 12.2. The van der Waals surface area contributed by atoms with Gasteiger partial charge in [-0.3, -0.25) is 0 Å². The summed E-state index contributed by atoms with van der Waals surface area (Å²) in [5.41, 5.74) is -0.605. The molecule has 0 atom stereocenters. The number of rotatable bonds is 1. The molecule has 0 aromatic heterocycles. The van der Waals surface area contributed by atoms with Crippen molar-refractivity contribution >= 4 is 13.3 Å². The fourth-order valence-electron chi connectivity index (χ4n) is 1.40. The maximum absolute atomic E-state index is 13.5. The Bertz CT molecular complexity index is 378. The normalized spacial score (nSPS) is 12.0. The second-order valence-corrected chi connectivity index (χ2v) is 9.51. The van der Waals surface area contributed by atoms with Gasteiger partial charge in [-0.2, -0.15) is 0 Å². The smallest absolute Gasteiger partial charge is 0.164 e. The second-order valence-electron chi connectivity index (χ2n) is 4.51. The molecule has 1 aromatic rings. The van der Waals surface area contributed by atoms with Crippen molar-refractivity contribution < 1.29 is 17.6 Å². The van der Waals surface area contributed by atoms with E-state index in [4.69, 9.17) is 0 Å². The lowest BCUT2D eigenvalue weighted by atomic mass is 10.2. The van der Waals surface area contributed by atoms with Crippen LogP contribution in [0.3, 0.4) is 0 Å². The molecule has 0 fully saturated rings. The van der Waals surface area contributed by atoms with Crippen LogP contribution in [0.1, 0.15) is 5.56 Å². The van der Waals surface area contributed by atoms with Gasteiger partial charge in [0.1, 0.15) is 0 Å². The minimum atomic E-state index is -2.44. The standard InChI is InChI=1S/C10H12F4Si/c1-5-6(11)8(13)10(15(2,3)4)9(14)7(5)12/h1-4H3. The van der Waals surface area contributed by atoms with Gasteiger partial charge in [0.05, 0.1) is 8.07 Å². The lowest BCUT2D eigenvalue weighted by molar-refractivity contribution is 0.453. The Morgan fingerprint density at radius 2 is 1.07 bits per heavy atom. The molecule has 0 bridgehead atoms. The second kappa shape index (κ2) is 3.63. The van der Waals surface area contributed by atoms with Crippen LogP contribution in [0.2, 0.25) is 19.6 Å². The fourth-order valence-corrected chi connectivity index (χ4v) is 2.94. The first-order valence-corrected chi connectivity index (χ1v) is 8.01. The Labute approximate surface area is 86.9 Å². The van der Waals surface area contributed by atoms with Crippen LogP contribution in [0, 0.1) is 30.2 Å². The molecule has 15 heavy (non-hydrogen) atoms. The van der Waals surface area contributed by atoms with E-state index in [-0.39, 0.29) is 0 Å². The molecular weight excluding hydrogens is 224 g/mol. The van der Waals surface area contributed by atoms with Crippen LogP contribution in [0.5, 0.6) is 0 Å². The van der Waals surface area contributed by atoms with Gasteiger partial charge >= 0.3 is 0 Å². The van der Waals surface area contributed by atoms with E-state index in [1.165, 1.54) is 0 Å². The zero-order chi connectivity index (χ0) is 12.0. The van der Waals surface area contributed by atoms with Crippen LogP contribution >= 0.6 is 0 Å². The SMILES string of the molecule is Cc1c(F)c(F)c([Si](C)(C)C)c(F)c1F. The molecule has 1 aromatic carbocycles. The van der Waals surface area contributed by atoms with Crippen molar-refractivity contribution in [1.29, 1.82) is 0 Å². The van der Waals surface area contributed by atoms with Crippen LogP contribution in [0.15, 0.2) is 0 Å². The Hall–Kier alpha value is -0.843. The molecule has 0 aliphatic rings. The van der Waals surface area contributed by atoms with Crippen molar-refractivity contribution in [2.45, 2.75) is 26.6 Å². The van der Waals surface area contributed by atoms with E-state index in [9.17, 15) is 17.6 Å². The van der Waals surface area contributed by atoms with Gasteiger partial charge in [-0.25, -0.2) is 17.6 Å². The van der Waals surface area contributed by atoms with E-state index in [1.54, 1.807) is 19.6 Å². The van der Waals surface area contributed by atoms with Gasteiger partial charge in [0.15, 0.2) is 23.3 Å². The highest BCUT2D eigenvalue weighted by atomic mass is 28.3. The predicted molar refractivity (Wildman–Crippen MR) is 54.0 cm³/mol. The quantitative estimate of drug-likeness (QED) is 0.399. The summed E-state index contributed by atoms with van der Waals surface area (Å²) in [6.45, 7) is 5.90. The zero-order valence-electron chi connectivity index (χ0n) is 9.01. The van der Waals surface area contributed by atoms with Crippen molar-refractivity contribution in [3.63, 3.8) is 0 Å². The Morgan fingerprint density at radius 1 is 0.733 bits per heavy atom. The number of benzene rings is 1. The number of hydrogen-bond donors (Lipinski definition) is 0. The Morgan fingerprint density at radius 3 is 1.33 bits per heavy atom. The van der Waals surface area contributed by atoms with Crippen LogP contribution in [-0.2, 0) is 0 Å². The van der Waals surface area contributed by atoms with Crippen molar-refractivity contribution in [2.24, 2.45) is 0 Å². The molecule has 84 valence electrons. The fraction of sp³-hybridized carbons (Fsp3) is 0.400. The molecule has 0 unspecified atom stereocenters. The third-order valence-electron chi connectivity index (χ3n) is 2.23. The average molecular weight is 236 g/mol. The summed E-state index contributed by atoms with van der Waals surface area (Å²) >= 11 is 0. The molecule has 0 nitrogen and oxygen atoms in total. The molecule has 1 rings (SSSR count). The lowest BCUT2D eigenvalue weighted by Crippen LogP contribution is -2.44. The zero-order valence-corrected chi connectivity index (χ0v) is 10.0. The summed E-state index contributed by atoms with van der Waals surface area (Å²) in [5, 5.41) is -0.414. The summed E-state index contributed by atoms with van der Waals surface area (Å²) in [6, 6.07) is 0. The van der Waals surface area contributed by atoms with E-state index in [0.717, 1.165) is 6.92 Å². The van der Waals surface area contributed by atoms with Crippen LogP contribution in [0.25, 0.3) is 0 Å². The van der Waals surface area contributed by atoms with E-state index >= 15 is 0 Å². The molecule has 0 spiro atoms. The van der Waals surface area contributed by atoms with Crippen molar-refractivity contribution in [2.75, 3.05) is 0 Å². The highest BCUT2D eigenvalue weighted by Crippen LogP contribution is 2.20. The molecule has 5 heteroatoms. The monoisotopic (exact) mass is 236 g/mol. The van der Waals surface area contributed by atoms with Gasteiger partial charge in [0.25, 0.3) is 0 Å². The molecule has 0 aliphatic carbocycles. The van der Waals surface area contributed by atoms with Crippen LogP contribution in [-0.4, -0.2) is 8.07 Å². The van der Waals surface area contributed by atoms with E-state index in [1.807, 2.05) is 0 Å². The molecule has 0 aliphatic heterocycles. The minimum Gasteiger partial charge on any atom is -0.204 e. The lowest BCUT2D eigenvalue weighted by Gasteiger charge is -2.19. The topological polar surface area (TPSA) is 0 Å². The Kier molecular flexibility index (Phi) is 2.96. The van der Waals surface area contributed by atoms with Gasteiger partial charge in [-0.15, -0.1) is 0 Å². The van der Waals surface area contributed by atoms with Crippen LogP contribution in [0.4, 0.5) is 17.6 Å². The average Bonchev–Trinajstić information content (AvgIpc) is 2.09. The molecule has 0 N–H and O–H groups in total. The van der Waals surface area contributed by atoms with Gasteiger partial charge in [-0.05, 0) is 6.92 Å². The molecule has 0 saturated heterocycles. The summed E-state index contributed by atoms with van der Waals surface area (Å²) in [6.07, 6.45) is 0. The van der Waals surface area contributed by atoms with Gasteiger partial charge < -0.3 is 0 Å². The Balaban J connectivity index is 3.68. The third kappa shape index (κ3) is 1.93. The first-order valence-electron chi connectivity index (χ1n) is 4.51. The summed E-state index contributed by atoms with van der Waals surface area (Å²) in [7, 11) is -2.44. The number of hydrogen-bond acceptors (Lipinski definition) is 0. The van der Waals surface area contributed by atoms with E-state index < -0.39 is 42.1 Å². The molecule has 0 heterocycles.